The highest BCUT2D eigenvalue weighted by atomic mass is 32.2. The first-order valence-electron chi connectivity index (χ1n) is 8.73. The second-order valence-electron chi connectivity index (χ2n) is 5.97. The number of ether oxygens (including phenoxy) is 1. The topological polar surface area (TPSA) is 47.4 Å². The first kappa shape index (κ1) is 18.3. The molecule has 130 valence electrons. The van der Waals surface area contributed by atoms with E-state index in [0.29, 0.717) is 5.25 Å². The number of thioether (sulfide) groups is 1. The Morgan fingerprint density at radius 1 is 1.35 bits per heavy atom. The summed E-state index contributed by atoms with van der Waals surface area (Å²) in [7, 11) is 0. The number of aromatic nitrogens is 2. The highest BCUT2D eigenvalue weighted by molar-refractivity contribution is 8.00. The molecule has 0 aliphatic carbocycles. The number of hydrogen-bond donors (Lipinski definition) is 0. The molecule has 0 spiro atoms. The van der Waals surface area contributed by atoms with Crippen molar-refractivity contribution in [3.63, 3.8) is 0 Å². The van der Waals surface area contributed by atoms with Crippen molar-refractivity contribution < 1.29 is 4.74 Å². The van der Waals surface area contributed by atoms with Crippen LogP contribution < -0.4 is 10.6 Å². The molecule has 0 radical (unpaired) electrons. The van der Waals surface area contributed by atoms with Gasteiger partial charge in [-0.2, -0.15) is 16.7 Å². The van der Waals surface area contributed by atoms with Crippen molar-refractivity contribution in [1.29, 1.82) is 0 Å². The zero-order chi connectivity index (χ0) is 16.7. The van der Waals surface area contributed by atoms with Gasteiger partial charge < -0.3 is 9.64 Å². The first-order valence-corrected chi connectivity index (χ1v) is 9.77. The standard InChI is InChI=1S/C17H29N3O2S/c1-4-8-19(9-5-2)16-7-10-20(17(21)18-16)14-11-15(23-13-14)12-22-6-3/h7,10,14-15H,4-6,8-9,11-13H2,1-3H3/t14-,15-/m1/s1. The summed E-state index contributed by atoms with van der Waals surface area (Å²) in [5, 5.41) is 0.489. The summed E-state index contributed by atoms with van der Waals surface area (Å²) >= 11 is 1.90. The predicted molar refractivity (Wildman–Crippen MR) is 97.7 cm³/mol. The molecule has 1 aromatic heterocycles. The van der Waals surface area contributed by atoms with Crippen LogP contribution in [0.4, 0.5) is 5.82 Å². The van der Waals surface area contributed by atoms with Gasteiger partial charge in [-0.3, -0.25) is 4.57 Å². The molecule has 6 heteroatoms. The van der Waals surface area contributed by atoms with E-state index in [1.54, 1.807) is 4.57 Å². The Kier molecular flexibility index (Phi) is 7.43. The van der Waals surface area contributed by atoms with Crippen LogP contribution in [0.5, 0.6) is 0 Å². The van der Waals surface area contributed by atoms with Gasteiger partial charge in [-0.25, -0.2) is 4.79 Å². The van der Waals surface area contributed by atoms with Crippen LogP contribution in [0, 0.1) is 0 Å². The van der Waals surface area contributed by atoms with Gasteiger partial charge >= 0.3 is 5.69 Å². The smallest absolute Gasteiger partial charge is 0.349 e. The third kappa shape index (κ3) is 4.98. The van der Waals surface area contributed by atoms with E-state index in [9.17, 15) is 4.79 Å². The summed E-state index contributed by atoms with van der Waals surface area (Å²) in [4.78, 5) is 19.0. The third-order valence-electron chi connectivity index (χ3n) is 4.09. The molecule has 1 fully saturated rings. The zero-order valence-electron chi connectivity index (χ0n) is 14.5. The van der Waals surface area contributed by atoms with E-state index in [0.717, 1.165) is 57.1 Å². The number of rotatable bonds is 9. The van der Waals surface area contributed by atoms with Gasteiger partial charge in [0.15, 0.2) is 0 Å². The molecule has 0 aromatic carbocycles. The van der Waals surface area contributed by atoms with Gasteiger partial charge in [0.1, 0.15) is 5.82 Å². The average molecular weight is 340 g/mol. The molecule has 0 amide bonds. The van der Waals surface area contributed by atoms with Crippen molar-refractivity contribution in [3.8, 4) is 0 Å². The molecule has 5 nitrogen and oxygen atoms in total. The van der Waals surface area contributed by atoms with E-state index in [1.807, 2.05) is 30.9 Å². The first-order chi connectivity index (χ1) is 11.2. The Morgan fingerprint density at radius 3 is 2.70 bits per heavy atom. The summed E-state index contributed by atoms with van der Waals surface area (Å²) in [5.74, 6) is 1.78. The lowest BCUT2D eigenvalue weighted by Crippen LogP contribution is -2.32. The van der Waals surface area contributed by atoms with Gasteiger partial charge in [0.25, 0.3) is 0 Å². The molecule has 0 bridgehead atoms. The van der Waals surface area contributed by atoms with Crippen LogP contribution in [-0.4, -0.2) is 46.9 Å². The van der Waals surface area contributed by atoms with Crippen LogP contribution >= 0.6 is 11.8 Å². The molecule has 1 aliphatic heterocycles. The fraction of sp³-hybridized carbons (Fsp3) is 0.765. The Bertz CT molecular complexity index is 529. The van der Waals surface area contributed by atoms with Crippen molar-refractivity contribution in [1.82, 2.24) is 9.55 Å². The number of nitrogens with zero attached hydrogens (tertiary/aromatic N) is 3. The SMILES string of the molecule is CCCN(CCC)c1ccn([C@H]2CS[C@@H](COCC)C2)c(=O)n1. The maximum Gasteiger partial charge on any atom is 0.349 e. The highest BCUT2D eigenvalue weighted by Crippen LogP contribution is 2.34. The Morgan fingerprint density at radius 2 is 2.09 bits per heavy atom. The van der Waals surface area contributed by atoms with Crippen molar-refractivity contribution in [2.45, 2.75) is 51.3 Å². The van der Waals surface area contributed by atoms with Crippen LogP contribution in [0.15, 0.2) is 17.1 Å². The minimum absolute atomic E-state index is 0.123. The van der Waals surface area contributed by atoms with Gasteiger partial charge in [-0.15, -0.1) is 0 Å². The molecule has 1 aliphatic rings. The quantitative estimate of drug-likeness (QED) is 0.692. The Labute approximate surface area is 143 Å². The van der Waals surface area contributed by atoms with E-state index in [1.165, 1.54) is 0 Å². The third-order valence-corrected chi connectivity index (χ3v) is 5.46. The number of hydrogen-bond acceptors (Lipinski definition) is 5. The summed E-state index contributed by atoms with van der Waals surface area (Å²) < 4.78 is 7.31. The van der Waals surface area contributed by atoms with Crippen molar-refractivity contribution in [3.05, 3.63) is 22.7 Å². The summed E-state index contributed by atoms with van der Waals surface area (Å²) in [6.45, 7) is 9.74. The summed E-state index contributed by atoms with van der Waals surface area (Å²) in [6, 6.07) is 2.23. The Hall–Kier alpha value is -1.01. The lowest BCUT2D eigenvalue weighted by atomic mass is 10.2. The second kappa shape index (κ2) is 9.33. The second-order valence-corrected chi connectivity index (χ2v) is 7.30. The summed E-state index contributed by atoms with van der Waals surface area (Å²) in [5.41, 5.74) is -0.123. The fourth-order valence-electron chi connectivity index (χ4n) is 2.98. The molecule has 2 atom stereocenters. The Balaban J connectivity index is 2.06. The van der Waals surface area contributed by atoms with Crippen LogP contribution in [0.1, 0.15) is 46.1 Å². The van der Waals surface area contributed by atoms with Crippen molar-refractivity contribution >= 4 is 17.6 Å². The molecule has 1 saturated heterocycles. The van der Waals surface area contributed by atoms with Crippen LogP contribution in [0.3, 0.4) is 0 Å². The maximum absolute atomic E-state index is 12.4. The lowest BCUT2D eigenvalue weighted by Gasteiger charge is -2.23. The van der Waals surface area contributed by atoms with E-state index in [-0.39, 0.29) is 11.7 Å². The maximum atomic E-state index is 12.4. The highest BCUT2D eigenvalue weighted by Gasteiger charge is 2.27. The van der Waals surface area contributed by atoms with E-state index >= 15 is 0 Å². The molecule has 2 rings (SSSR count). The normalized spacial score (nSPS) is 20.8. The molecule has 0 N–H and O–H groups in total. The summed E-state index contributed by atoms with van der Waals surface area (Å²) in [6.07, 6.45) is 5.03. The van der Waals surface area contributed by atoms with Crippen LogP contribution in [-0.2, 0) is 4.74 Å². The molecule has 23 heavy (non-hydrogen) atoms. The van der Waals surface area contributed by atoms with Crippen LogP contribution in [0.2, 0.25) is 0 Å². The zero-order valence-corrected chi connectivity index (χ0v) is 15.3. The molecular formula is C17H29N3O2S. The van der Waals surface area contributed by atoms with Crippen molar-refractivity contribution in [2.75, 3.05) is 37.0 Å². The van der Waals surface area contributed by atoms with Gasteiger partial charge in [-0.1, -0.05) is 13.8 Å². The fourth-order valence-corrected chi connectivity index (χ4v) is 4.33. The van der Waals surface area contributed by atoms with Crippen molar-refractivity contribution in [2.24, 2.45) is 0 Å². The molecule has 2 heterocycles. The predicted octanol–water partition coefficient (Wildman–Crippen LogP) is 2.95. The van der Waals surface area contributed by atoms with Gasteiger partial charge in [-0.05, 0) is 32.3 Å². The van der Waals surface area contributed by atoms with Gasteiger partial charge in [0, 0.05) is 42.9 Å². The van der Waals surface area contributed by atoms with E-state index in [4.69, 9.17) is 4.74 Å². The average Bonchev–Trinajstić information content (AvgIpc) is 3.01. The van der Waals surface area contributed by atoms with Crippen LogP contribution in [0.25, 0.3) is 0 Å². The molecule has 0 saturated carbocycles. The largest absolute Gasteiger partial charge is 0.381 e. The molecule has 1 aromatic rings. The minimum atomic E-state index is -0.123. The number of anilines is 1. The molecular weight excluding hydrogens is 310 g/mol. The van der Waals surface area contributed by atoms with E-state index in [2.05, 4.69) is 23.7 Å². The monoisotopic (exact) mass is 339 g/mol. The van der Waals surface area contributed by atoms with E-state index < -0.39 is 0 Å². The minimum Gasteiger partial charge on any atom is -0.381 e. The van der Waals surface area contributed by atoms with Gasteiger partial charge in [0.05, 0.1) is 6.61 Å². The van der Waals surface area contributed by atoms with Gasteiger partial charge in [0.2, 0.25) is 0 Å². The molecule has 0 unspecified atom stereocenters. The lowest BCUT2D eigenvalue weighted by molar-refractivity contribution is 0.146.